The molecule has 2 saturated carbocycles. The van der Waals surface area contributed by atoms with E-state index in [4.69, 9.17) is 0 Å². The summed E-state index contributed by atoms with van der Waals surface area (Å²) in [5, 5.41) is 0. The summed E-state index contributed by atoms with van der Waals surface area (Å²) >= 11 is 0. The number of hydrogen-bond donors (Lipinski definition) is 0. The normalized spacial score (nSPS) is 22.9. The minimum absolute atomic E-state index is 0.0398. The molecule has 2 heteroatoms. The maximum absolute atomic E-state index is 9.25. The number of allylic oxidation sites excluding steroid dienone is 1. The molecule has 2 heterocycles. The molecule has 0 unspecified atom stereocenters. The fraction of sp³-hybridized carbons (Fsp3) is 0.542. The Hall–Kier alpha value is -1.83. The van der Waals surface area contributed by atoms with Gasteiger partial charge in [-0.2, -0.15) is 4.57 Å². The van der Waals surface area contributed by atoms with Crippen LogP contribution in [0.1, 0.15) is 69.7 Å². The van der Waals surface area contributed by atoms with Crippen molar-refractivity contribution in [1.29, 1.82) is 0 Å². The Kier molecular flexibility index (Phi) is 3.58. The fourth-order valence-electron chi connectivity index (χ4n) is 6.08. The quantitative estimate of drug-likeness (QED) is 0.649. The van der Waals surface area contributed by atoms with Gasteiger partial charge < -0.3 is 0 Å². The Labute approximate surface area is 159 Å². The van der Waals surface area contributed by atoms with Crippen LogP contribution in [0.4, 0.5) is 0 Å². The van der Waals surface area contributed by atoms with E-state index >= 15 is 0 Å². The van der Waals surface area contributed by atoms with Gasteiger partial charge in [-0.25, -0.2) is 4.57 Å². The van der Waals surface area contributed by atoms with Gasteiger partial charge in [-0.05, 0) is 56.4 Å². The number of aromatic nitrogens is 2. The van der Waals surface area contributed by atoms with Crippen molar-refractivity contribution < 1.29 is 5.94 Å². The van der Waals surface area contributed by atoms with E-state index < -0.39 is 0 Å². The van der Waals surface area contributed by atoms with E-state index in [1.54, 1.807) is 0 Å². The van der Waals surface area contributed by atoms with Crippen molar-refractivity contribution in [2.75, 3.05) is 0 Å². The zero-order valence-electron chi connectivity index (χ0n) is 17.2. The number of rotatable bonds is 3. The Morgan fingerprint density at radius 1 is 1.00 bits per heavy atom. The standard InChI is InChI=1S/C24H31N2/c1-18-9-3-8-14-22(18)25-17-26-23(19(25)2)15-16-24(26,20-10-4-5-11-20)21-12-6-7-13-21/h3,8-9,14-17,20-21H,4-7,10-13H2,1-2H3/q+1/i17D. The summed E-state index contributed by atoms with van der Waals surface area (Å²) in [6.07, 6.45) is 16.2. The molecular weight excluding hydrogens is 316 g/mol. The first-order valence-electron chi connectivity index (χ1n) is 11.0. The number of benzene rings is 1. The highest BCUT2D eigenvalue weighted by atomic mass is 15.2. The van der Waals surface area contributed by atoms with Gasteiger partial charge >= 0.3 is 0 Å². The Morgan fingerprint density at radius 2 is 1.62 bits per heavy atom. The summed E-state index contributed by atoms with van der Waals surface area (Å²) in [4.78, 5) is 0. The van der Waals surface area contributed by atoms with E-state index in [0.717, 1.165) is 5.69 Å². The van der Waals surface area contributed by atoms with E-state index in [-0.39, 0.29) is 5.54 Å². The van der Waals surface area contributed by atoms with Crippen LogP contribution >= 0.6 is 0 Å². The summed E-state index contributed by atoms with van der Waals surface area (Å²) in [7, 11) is 0. The molecule has 1 aromatic heterocycles. The van der Waals surface area contributed by atoms with Crippen molar-refractivity contribution in [1.82, 2.24) is 4.57 Å². The third kappa shape index (κ3) is 2.20. The second-order valence-electron chi connectivity index (χ2n) is 8.71. The van der Waals surface area contributed by atoms with Crippen LogP contribution in [0.5, 0.6) is 0 Å². The molecule has 5 rings (SSSR count). The van der Waals surface area contributed by atoms with E-state index in [1.807, 2.05) is 0 Å². The van der Waals surface area contributed by atoms with Gasteiger partial charge in [0.25, 0.3) is 0 Å². The minimum atomic E-state index is 0.0398. The maximum atomic E-state index is 9.25. The SMILES string of the molecule is [2H]c1n2c(c(C)[n+]1-c1ccccc1C)C=CC2(C1CCCC1)C1CCCC1. The maximum Gasteiger partial charge on any atom is 0.250 e. The van der Waals surface area contributed by atoms with Crippen LogP contribution in [0.25, 0.3) is 11.8 Å². The number of para-hydroxylation sites is 1. The first kappa shape index (κ1) is 15.2. The predicted molar refractivity (Wildman–Crippen MR) is 106 cm³/mol. The summed E-state index contributed by atoms with van der Waals surface area (Å²) in [6.45, 7) is 4.35. The zero-order valence-corrected chi connectivity index (χ0v) is 16.2. The molecule has 1 aliphatic heterocycles. The highest BCUT2D eigenvalue weighted by molar-refractivity contribution is 5.55. The molecule has 2 aliphatic carbocycles. The van der Waals surface area contributed by atoms with Crippen LogP contribution in [0.15, 0.2) is 36.6 Å². The topological polar surface area (TPSA) is 8.81 Å². The second kappa shape index (κ2) is 6.11. The molecule has 0 N–H and O–H groups in total. The number of imidazole rings is 1. The third-order valence-corrected chi connectivity index (χ3v) is 7.42. The lowest BCUT2D eigenvalue weighted by Gasteiger charge is -2.37. The Morgan fingerprint density at radius 3 is 2.23 bits per heavy atom. The molecule has 2 fully saturated rings. The van der Waals surface area contributed by atoms with Crippen molar-refractivity contribution in [3.63, 3.8) is 0 Å². The van der Waals surface area contributed by atoms with Gasteiger partial charge in [-0.15, -0.1) is 0 Å². The monoisotopic (exact) mass is 348 g/mol. The molecule has 0 atom stereocenters. The van der Waals surface area contributed by atoms with E-state index in [9.17, 15) is 1.37 Å². The smallest absolute Gasteiger partial charge is 0.220 e. The lowest BCUT2D eigenvalue weighted by Crippen LogP contribution is -2.44. The summed E-state index contributed by atoms with van der Waals surface area (Å²) in [6, 6.07) is 8.49. The first-order chi connectivity index (χ1) is 13.1. The van der Waals surface area contributed by atoms with E-state index in [1.165, 1.54) is 68.3 Å². The number of aryl methyl sites for hydroxylation is 1. The molecular formula is C24H31N2+. The molecule has 26 heavy (non-hydrogen) atoms. The van der Waals surface area contributed by atoms with Gasteiger partial charge in [0.05, 0.1) is 0 Å². The van der Waals surface area contributed by atoms with E-state index in [0.29, 0.717) is 18.1 Å². The van der Waals surface area contributed by atoms with Gasteiger partial charge in [0, 0.05) is 18.8 Å². The predicted octanol–water partition coefficient (Wildman–Crippen LogP) is 5.48. The summed E-state index contributed by atoms with van der Waals surface area (Å²) in [5.74, 6) is 1.39. The highest BCUT2D eigenvalue weighted by Crippen LogP contribution is 2.53. The van der Waals surface area contributed by atoms with Gasteiger partial charge in [-0.1, -0.05) is 43.9 Å². The van der Waals surface area contributed by atoms with Crippen molar-refractivity contribution in [3.8, 4) is 5.69 Å². The average molecular weight is 349 g/mol. The molecule has 3 aliphatic rings. The summed E-state index contributed by atoms with van der Waals surface area (Å²) in [5.41, 5.74) is 4.91. The van der Waals surface area contributed by atoms with Crippen molar-refractivity contribution >= 4 is 6.08 Å². The van der Waals surface area contributed by atoms with Gasteiger partial charge in [0.1, 0.15) is 11.2 Å². The molecule has 0 radical (unpaired) electrons. The first-order valence-corrected chi connectivity index (χ1v) is 10.5. The van der Waals surface area contributed by atoms with Crippen LogP contribution in [0, 0.1) is 25.7 Å². The van der Waals surface area contributed by atoms with Crippen LogP contribution in [0.3, 0.4) is 0 Å². The second-order valence-corrected chi connectivity index (χ2v) is 8.71. The third-order valence-electron chi connectivity index (χ3n) is 7.42. The minimum Gasteiger partial charge on any atom is -0.220 e. The summed E-state index contributed by atoms with van der Waals surface area (Å²) < 4.78 is 13.9. The van der Waals surface area contributed by atoms with Crippen molar-refractivity contribution in [3.05, 3.63) is 53.6 Å². The largest absolute Gasteiger partial charge is 0.250 e. The average Bonchev–Trinajstić information content (AvgIpc) is 3.43. The fourth-order valence-corrected chi connectivity index (χ4v) is 6.08. The van der Waals surface area contributed by atoms with Crippen LogP contribution in [-0.4, -0.2) is 4.57 Å². The molecule has 136 valence electrons. The van der Waals surface area contributed by atoms with Crippen molar-refractivity contribution in [2.24, 2.45) is 11.8 Å². The molecule has 1 aromatic carbocycles. The molecule has 0 saturated heterocycles. The number of nitrogens with zero attached hydrogens (tertiary/aromatic N) is 2. The molecule has 0 bridgehead atoms. The lowest BCUT2D eigenvalue weighted by molar-refractivity contribution is -0.602. The van der Waals surface area contributed by atoms with Gasteiger partial charge in [0.15, 0.2) is 12.8 Å². The van der Waals surface area contributed by atoms with Crippen LogP contribution in [-0.2, 0) is 5.54 Å². The molecule has 0 spiro atoms. The number of fused-ring (bicyclic) bond motifs is 1. The van der Waals surface area contributed by atoms with E-state index in [2.05, 4.69) is 59.4 Å². The lowest BCUT2D eigenvalue weighted by atomic mass is 9.72. The Balaban J connectivity index is 1.73. The van der Waals surface area contributed by atoms with Gasteiger partial charge in [0.2, 0.25) is 6.30 Å². The Bertz CT molecular complexity index is 879. The van der Waals surface area contributed by atoms with Crippen LogP contribution in [0.2, 0.25) is 0 Å². The van der Waals surface area contributed by atoms with Crippen LogP contribution < -0.4 is 4.57 Å². The zero-order chi connectivity index (χ0) is 18.6. The van der Waals surface area contributed by atoms with Crippen molar-refractivity contribution in [2.45, 2.75) is 70.8 Å². The molecule has 2 aromatic rings. The molecule has 0 amide bonds. The van der Waals surface area contributed by atoms with Gasteiger partial charge in [-0.3, -0.25) is 0 Å². The molecule has 2 nitrogen and oxygen atoms in total. The highest BCUT2D eigenvalue weighted by Gasteiger charge is 2.54. The number of hydrogen-bond acceptors (Lipinski definition) is 0.